The number of carbonyl (C=O) groups excluding carboxylic acids is 2. The highest BCUT2D eigenvalue weighted by molar-refractivity contribution is 6.00. The number of aromatic nitrogens is 2. The standard InChI is InChI=1S/C27H34N4O4/c1-5-27-15-26(16-27,17-34-27)23-13-31-12-21(22(35-18(2)3)11-24(31)29-23)25(33)28-19(14-32)7-6-10-30(4)20-8-9-20/h6-7,10-14,18,20H,5,8-9,15-17H2,1-4H3,(H,28,33)/b10-6-,19-7+. The van der Waals surface area contributed by atoms with Crippen molar-refractivity contribution in [3.05, 3.63) is 53.8 Å². The number of carbonyl (C=O) groups is 2. The van der Waals surface area contributed by atoms with Gasteiger partial charge in [-0.25, -0.2) is 4.98 Å². The molecule has 6 rings (SSSR count). The number of hydrogen-bond acceptors (Lipinski definition) is 6. The molecular formula is C27H34N4O4. The van der Waals surface area contributed by atoms with E-state index in [0.29, 0.717) is 30.2 Å². The van der Waals surface area contributed by atoms with Crippen LogP contribution in [0.5, 0.6) is 5.75 Å². The Morgan fingerprint density at radius 1 is 1.37 bits per heavy atom. The molecule has 2 saturated carbocycles. The van der Waals surface area contributed by atoms with Gasteiger partial charge in [0, 0.05) is 37.0 Å². The summed E-state index contributed by atoms with van der Waals surface area (Å²) in [5.74, 6) is 0.0317. The van der Waals surface area contributed by atoms with E-state index < -0.39 is 5.91 Å². The van der Waals surface area contributed by atoms with Crippen molar-refractivity contribution in [1.82, 2.24) is 19.6 Å². The molecule has 4 fully saturated rings. The number of hydrogen-bond donors (Lipinski definition) is 1. The van der Waals surface area contributed by atoms with Crippen LogP contribution in [0.3, 0.4) is 0 Å². The van der Waals surface area contributed by atoms with Gasteiger partial charge in [-0.15, -0.1) is 0 Å². The lowest BCUT2D eigenvalue weighted by atomic mass is 9.60. The number of allylic oxidation sites excluding steroid dienone is 3. The maximum atomic E-state index is 13.2. The lowest BCUT2D eigenvalue weighted by Gasteiger charge is -2.43. The highest BCUT2D eigenvalue weighted by Crippen LogP contribution is 2.59. The predicted molar refractivity (Wildman–Crippen MR) is 132 cm³/mol. The summed E-state index contributed by atoms with van der Waals surface area (Å²) in [5.41, 5.74) is 2.21. The lowest BCUT2D eigenvalue weighted by molar-refractivity contribution is -0.105. The number of amides is 1. The fourth-order valence-electron chi connectivity index (χ4n) is 5.27. The molecule has 0 radical (unpaired) electrons. The summed E-state index contributed by atoms with van der Waals surface area (Å²) >= 11 is 0. The van der Waals surface area contributed by atoms with Crippen molar-refractivity contribution in [2.45, 2.75) is 76.0 Å². The Kier molecular flexibility index (Phi) is 5.95. The fraction of sp³-hybridized carbons (Fsp3) is 0.519. The van der Waals surface area contributed by atoms with Crippen molar-refractivity contribution < 1.29 is 19.1 Å². The zero-order chi connectivity index (χ0) is 24.8. The highest BCUT2D eigenvalue weighted by Gasteiger charge is 2.63. The van der Waals surface area contributed by atoms with E-state index in [4.69, 9.17) is 14.5 Å². The summed E-state index contributed by atoms with van der Waals surface area (Å²) in [6, 6.07) is 2.37. The summed E-state index contributed by atoms with van der Waals surface area (Å²) < 4.78 is 13.9. The first kappa shape index (κ1) is 23.6. The molecule has 1 N–H and O–H groups in total. The predicted octanol–water partition coefficient (Wildman–Crippen LogP) is 3.75. The van der Waals surface area contributed by atoms with Gasteiger partial charge in [0.15, 0.2) is 6.29 Å². The maximum absolute atomic E-state index is 13.2. The van der Waals surface area contributed by atoms with Crippen LogP contribution in [0.1, 0.15) is 68.9 Å². The van der Waals surface area contributed by atoms with Gasteiger partial charge in [0.05, 0.1) is 35.3 Å². The first-order chi connectivity index (χ1) is 16.8. The SMILES string of the molecule is CCC12CC(c3cn4cc(C(=O)N/C(C=O)=C/C=C\N(C)C5CC5)c(OC(C)C)cc4n3)(CO1)C2. The molecule has 8 nitrogen and oxygen atoms in total. The number of aldehydes is 1. The van der Waals surface area contributed by atoms with Gasteiger partial charge in [0.1, 0.15) is 11.4 Å². The second-order valence-corrected chi connectivity index (χ2v) is 10.5. The summed E-state index contributed by atoms with van der Waals surface area (Å²) in [6.07, 6.45) is 14.9. The molecule has 35 heavy (non-hydrogen) atoms. The summed E-state index contributed by atoms with van der Waals surface area (Å²) in [4.78, 5) is 31.8. The Bertz CT molecular complexity index is 1200. The van der Waals surface area contributed by atoms with Crippen LogP contribution in [0.2, 0.25) is 0 Å². The van der Waals surface area contributed by atoms with Crippen LogP contribution in [0.15, 0.2) is 42.5 Å². The molecule has 1 amide bonds. The zero-order valence-electron chi connectivity index (χ0n) is 20.9. The Morgan fingerprint density at radius 3 is 2.77 bits per heavy atom. The number of imidazole rings is 1. The van der Waals surface area contributed by atoms with Crippen LogP contribution < -0.4 is 10.1 Å². The molecule has 2 aromatic heterocycles. The first-order valence-electron chi connectivity index (χ1n) is 12.5. The number of fused-ring (bicyclic) bond motifs is 2. The molecule has 0 aromatic carbocycles. The van der Waals surface area contributed by atoms with Gasteiger partial charge in [-0.3, -0.25) is 9.59 Å². The molecule has 2 aromatic rings. The van der Waals surface area contributed by atoms with Crippen LogP contribution in [0, 0.1) is 0 Å². The second kappa shape index (κ2) is 8.82. The molecule has 0 atom stereocenters. The molecule has 2 aliphatic heterocycles. The van der Waals surface area contributed by atoms with E-state index in [9.17, 15) is 9.59 Å². The van der Waals surface area contributed by atoms with Crippen LogP contribution in [-0.4, -0.2) is 57.9 Å². The van der Waals surface area contributed by atoms with Crippen LogP contribution in [-0.2, 0) is 14.9 Å². The fourth-order valence-corrected chi connectivity index (χ4v) is 5.27. The van der Waals surface area contributed by atoms with E-state index in [0.717, 1.165) is 30.6 Å². The molecule has 4 heterocycles. The van der Waals surface area contributed by atoms with E-state index in [1.165, 1.54) is 12.8 Å². The molecule has 4 aliphatic rings. The number of ether oxygens (including phenoxy) is 2. The van der Waals surface area contributed by atoms with Gasteiger partial charge in [-0.05, 0) is 64.3 Å². The van der Waals surface area contributed by atoms with E-state index in [1.807, 2.05) is 37.7 Å². The molecule has 2 bridgehead atoms. The van der Waals surface area contributed by atoms with Gasteiger partial charge in [0.2, 0.25) is 0 Å². The van der Waals surface area contributed by atoms with Crippen molar-refractivity contribution in [3.8, 4) is 5.75 Å². The minimum atomic E-state index is -0.406. The minimum absolute atomic E-state index is 0.00619. The molecule has 8 heteroatoms. The third-order valence-electron chi connectivity index (χ3n) is 7.43. The Labute approximate surface area is 206 Å². The highest BCUT2D eigenvalue weighted by atomic mass is 16.5. The van der Waals surface area contributed by atoms with Gasteiger partial charge in [-0.2, -0.15) is 0 Å². The molecule has 2 aliphatic carbocycles. The molecular weight excluding hydrogens is 444 g/mol. The molecule has 2 saturated heterocycles. The quantitative estimate of drug-likeness (QED) is 0.318. The largest absolute Gasteiger partial charge is 0.490 e. The summed E-state index contributed by atoms with van der Waals surface area (Å²) in [5, 5.41) is 2.72. The van der Waals surface area contributed by atoms with Gasteiger partial charge in [0.25, 0.3) is 5.91 Å². The van der Waals surface area contributed by atoms with Crippen molar-refractivity contribution in [2.75, 3.05) is 13.7 Å². The number of nitrogens with zero attached hydrogens (tertiary/aromatic N) is 3. The van der Waals surface area contributed by atoms with Gasteiger partial charge in [-0.1, -0.05) is 6.92 Å². The Hall–Kier alpha value is -3.13. The lowest BCUT2D eigenvalue weighted by Crippen LogP contribution is -2.46. The normalized spacial score (nSPS) is 25.8. The third kappa shape index (κ3) is 4.47. The molecule has 0 unspecified atom stereocenters. The van der Waals surface area contributed by atoms with Gasteiger partial charge >= 0.3 is 0 Å². The molecule has 0 spiro atoms. The van der Waals surface area contributed by atoms with E-state index in [1.54, 1.807) is 24.4 Å². The topological polar surface area (TPSA) is 85.2 Å². The van der Waals surface area contributed by atoms with Crippen molar-refractivity contribution in [2.24, 2.45) is 0 Å². The molecule has 186 valence electrons. The number of nitrogens with one attached hydrogen (secondary N) is 1. The monoisotopic (exact) mass is 478 g/mol. The minimum Gasteiger partial charge on any atom is -0.490 e. The second-order valence-electron chi connectivity index (χ2n) is 10.5. The Morgan fingerprint density at radius 2 is 2.14 bits per heavy atom. The van der Waals surface area contributed by atoms with Gasteiger partial charge < -0.3 is 24.1 Å². The number of pyridine rings is 1. The van der Waals surface area contributed by atoms with Crippen molar-refractivity contribution in [3.63, 3.8) is 0 Å². The van der Waals surface area contributed by atoms with Crippen molar-refractivity contribution >= 4 is 17.8 Å². The maximum Gasteiger partial charge on any atom is 0.261 e. The smallest absolute Gasteiger partial charge is 0.261 e. The third-order valence-corrected chi connectivity index (χ3v) is 7.43. The van der Waals surface area contributed by atoms with Crippen LogP contribution in [0.4, 0.5) is 0 Å². The Balaban J connectivity index is 1.40. The first-order valence-corrected chi connectivity index (χ1v) is 12.5. The van der Waals surface area contributed by atoms with Crippen molar-refractivity contribution in [1.29, 1.82) is 0 Å². The van der Waals surface area contributed by atoms with E-state index in [2.05, 4.69) is 17.1 Å². The summed E-state index contributed by atoms with van der Waals surface area (Å²) in [7, 11) is 2.01. The van der Waals surface area contributed by atoms with Crippen LogP contribution >= 0.6 is 0 Å². The zero-order valence-corrected chi connectivity index (χ0v) is 20.9. The average molecular weight is 479 g/mol. The van der Waals surface area contributed by atoms with Crippen LogP contribution in [0.25, 0.3) is 5.65 Å². The summed E-state index contributed by atoms with van der Waals surface area (Å²) in [6.45, 7) is 6.68. The number of rotatable bonds is 10. The van der Waals surface area contributed by atoms with E-state index >= 15 is 0 Å². The van der Waals surface area contributed by atoms with E-state index in [-0.39, 0.29) is 22.8 Å². The average Bonchev–Trinajstić information content (AvgIpc) is 3.31.